The van der Waals surface area contributed by atoms with Gasteiger partial charge in [0.1, 0.15) is 5.75 Å². The van der Waals surface area contributed by atoms with Crippen LogP contribution in [0.2, 0.25) is 5.02 Å². The number of piperidine rings is 1. The molecule has 1 unspecified atom stereocenters. The molecule has 1 saturated heterocycles. The van der Waals surface area contributed by atoms with E-state index in [-0.39, 0.29) is 6.03 Å². The van der Waals surface area contributed by atoms with E-state index in [1.165, 1.54) is 24.0 Å². The second-order valence-electron chi connectivity index (χ2n) is 9.37. The lowest BCUT2D eigenvalue weighted by atomic mass is 9.86. The number of para-hydroxylation sites is 1. The van der Waals surface area contributed by atoms with Gasteiger partial charge < -0.3 is 15.0 Å². The van der Waals surface area contributed by atoms with Gasteiger partial charge in [-0.1, -0.05) is 36.7 Å². The molecule has 2 aliphatic rings. The van der Waals surface area contributed by atoms with Gasteiger partial charge in [0.2, 0.25) is 0 Å². The number of aryl methyl sites for hydroxylation is 1. The topological polar surface area (TPSA) is 44.8 Å². The highest BCUT2D eigenvalue weighted by Gasteiger charge is 2.29. The zero-order valence-corrected chi connectivity index (χ0v) is 20.6. The Hall–Kier alpha value is -2.24. The van der Waals surface area contributed by atoms with Gasteiger partial charge in [-0.05, 0) is 86.4 Å². The summed E-state index contributed by atoms with van der Waals surface area (Å²) in [6.45, 7) is 6.14. The van der Waals surface area contributed by atoms with Gasteiger partial charge in [-0.15, -0.1) is 0 Å². The number of fused-ring (bicyclic) bond motifs is 1. The van der Waals surface area contributed by atoms with Crippen molar-refractivity contribution in [3.63, 3.8) is 0 Å². The van der Waals surface area contributed by atoms with Gasteiger partial charge in [-0.2, -0.15) is 0 Å². The standard InChI is InChI=1S/C27H36ClN3O2/c1-3-14-31(23-10-8-22-18-24(33-2)11-9-21(22)17-23)19-20-12-15-30(16-13-20)27(32)29-26-7-5-4-6-25(26)28/h4-7,9,11,18,20,23H,3,8,10,12-17,19H2,1-2H3,(H,29,32). The molecule has 2 aromatic carbocycles. The number of hydrogen-bond donors (Lipinski definition) is 1. The molecule has 33 heavy (non-hydrogen) atoms. The van der Waals surface area contributed by atoms with Gasteiger partial charge in [-0.25, -0.2) is 4.79 Å². The van der Waals surface area contributed by atoms with Crippen LogP contribution >= 0.6 is 11.6 Å². The van der Waals surface area contributed by atoms with Crippen molar-refractivity contribution in [3.05, 3.63) is 58.6 Å². The number of likely N-dealkylation sites (tertiary alicyclic amines) is 1. The Bertz CT molecular complexity index is 943. The van der Waals surface area contributed by atoms with E-state index in [0.29, 0.717) is 22.7 Å². The number of nitrogens with one attached hydrogen (secondary N) is 1. The molecule has 178 valence electrons. The molecule has 1 N–H and O–H groups in total. The van der Waals surface area contributed by atoms with Crippen molar-refractivity contribution in [2.24, 2.45) is 5.92 Å². The Morgan fingerprint density at radius 1 is 1.15 bits per heavy atom. The Morgan fingerprint density at radius 2 is 1.94 bits per heavy atom. The van der Waals surface area contributed by atoms with Gasteiger partial charge in [0.05, 0.1) is 17.8 Å². The molecule has 0 bridgehead atoms. The fraction of sp³-hybridized carbons (Fsp3) is 0.519. The molecule has 5 nitrogen and oxygen atoms in total. The minimum atomic E-state index is -0.0497. The number of nitrogens with zero attached hydrogens (tertiary/aromatic N) is 2. The van der Waals surface area contributed by atoms with Crippen molar-refractivity contribution in [1.29, 1.82) is 0 Å². The first-order chi connectivity index (χ1) is 16.1. The van der Waals surface area contributed by atoms with Crippen LogP contribution in [0.1, 0.15) is 43.7 Å². The van der Waals surface area contributed by atoms with E-state index in [2.05, 4.69) is 35.3 Å². The molecule has 1 heterocycles. The van der Waals surface area contributed by atoms with Crippen LogP contribution in [-0.2, 0) is 12.8 Å². The molecule has 1 fully saturated rings. The number of halogens is 1. The largest absolute Gasteiger partial charge is 0.497 e. The molecule has 0 radical (unpaired) electrons. The van der Waals surface area contributed by atoms with Crippen molar-refractivity contribution in [2.75, 3.05) is 38.6 Å². The van der Waals surface area contributed by atoms with Crippen molar-refractivity contribution in [3.8, 4) is 5.75 Å². The second-order valence-corrected chi connectivity index (χ2v) is 9.77. The molecular formula is C27H36ClN3O2. The lowest BCUT2D eigenvalue weighted by Crippen LogP contribution is -2.46. The van der Waals surface area contributed by atoms with E-state index >= 15 is 0 Å². The number of methoxy groups -OCH3 is 1. The quantitative estimate of drug-likeness (QED) is 0.552. The van der Waals surface area contributed by atoms with Crippen molar-refractivity contribution in [1.82, 2.24) is 9.80 Å². The van der Waals surface area contributed by atoms with Gasteiger partial charge in [-0.3, -0.25) is 4.90 Å². The van der Waals surface area contributed by atoms with Crippen LogP contribution in [0.15, 0.2) is 42.5 Å². The fourth-order valence-electron chi connectivity index (χ4n) is 5.27. The van der Waals surface area contributed by atoms with Crippen molar-refractivity contribution >= 4 is 23.3 Å². The molecule has 2 amide bonds. The fourth-order valence-corrected chi connectivity index (χ4v) is 5.45. The summed E-state index contributed by atoms with van der Waals surface area (Å²) in [5.41, 5.74) is 3.59. The first-order valence-electron chi connectivity index (χ1n) is 12.3. The summed E-state index contributed by atoms with van der Waals surface area (Å²) in [5.74, 6) is 1.60. The molecule has 1 aliphatic heterocycles. The summed E-state index contributed by atoms with van der Waals surface area (Å²) in [6, 6.07) is 14.5. The lowest BCUT2D eigenvalue weighted by molar-refractivity contribution is 0.119. The van der Waals surface area contributed by atoms with Crippen molar-refractivity contribution in [2.45, 2.75) is 51.5 Å². The predicted molar refractivity (Wildman–Crippen MR) is 135 cm³/mol. The van der Waals surface area contributed by atoms with Crippen LogP contribution in [0, 0.1) is 5.92 Å². The summed E-state index contributed by atoms with van der Waals surface area (Å²) < 4.78 is 5.41. The minimum absolute atomic E-state index is 0.0497. The predicted octanol–water partition coefficient (Wildman–Crippen LogP) is 5.86. The number of carbonyl (C=O) groups is 1. The third-order valence-corrected chi connectivity index (χ3v) is 7.48. The van der Waals surface area contributed by atoms with Crippen LogP contribution < -0.4 is 10.1 Å². The van der Waals surface area contributed by atoms with Crippen LogP contribution in [0.4, 0.5) is 10.5 Å². The summed E-state index contributed by atoms with van der Waals surface area (Å²) in [6.07, 6.45) is 6.73. The van der Waals surface area contributed by atoms with E-state index in [4.69, 9.17) is 16.3 Å². The lowest BCUT2D eigenvalue weighted by Gasteiger charge is -2.39. The van der Waals surface area contributed by atoms with E-state index < -0.39 is 0 Å². The summed E-state index contributed by atoms with van der Waals surface area (Å²) in [5, 5.41) is 3.53. The van der Waals surface area contributed by atoms with E-state index in [9.17, 15) is 4.79 Å². The zero-order chi connectivity index (χ0) is 23.2. The van der Waals surface area contributed by atoms with Crippen molar-refractivity contribution < 1.29 is 9.53 Å². The second kappa shape index (κ2) is 11.3. The SMILES string of the molecule is CCCN(CC1CCN(C(=O)Nc2ccccc2Cl)CC1)C1CCc2cc(OC)ccc2C1. The normalized spacial score (nSPS) is 18.8. The van der Waals surface area contributed by atoms with Gasteiger partial charge in [0.25, 0.3) is 0 Å². The number of ether oxygens (including phenoxy) is 1. The molecule has 1 aliphatic carbocycles. The van der Waals surface area contributed by atoms with Crippen LogP contribution in [-0.4, -0.2) is 55.2 Å². The zero-order valence-electron chi connectivity index (χ0n) is 19.9. The number of benzene rings is 2. The molecule has 6 heteroatoms. The highest BCUT2D eigenvalue weighted by molar-refractivity contribution is 6.33. The highest BCUT2D eigenvalue weighted by Crippen LogP contribution is 2.30. The minimum Gasteiger partial charge on any atom is -0.497 e. The first-order valence-corrected chi connectivity index (χ1v) is 12.7. The number of rotatable bonds is 7. The highest BCUT2D eigenvalue weighted by atomic mass is 35.5. The summed E-state index contributed by atoms with van der Waals surface area (Å²) >= 11 is 6.19. The molecule has 1 atom stereocenters. The molecular weight excluding hydrogens is 434 g/mol. The Balaban J connectivity index is 1.30. The number of anilines is 1. The average molecular weight is 470 g/mol. The van der Waals surface area contributed by atoms with Gasteiger partial charge in [0.15, 0.2) is 0 Å². The van der Waals surface area contributed by atoms with Gasteiger partial charge >= 0.3 is 6.03 Å². The van der Waals surface area contributed by atoms with E-state index in [0.717, 1.165) is 57.6 Å². The number of urea groups is 1. The summed E-state index contributed by atoms with van der Waals surface area (Å²) in [4.78, 5) is 17.3. The number of hydrogen-bond acceptors (Lipinski definition) is 3. The third kappa shape index (κ3) is 6.01. The van der Waals surface area contributed by atoms with Crippen LogP contribution in [0.3, 0.4) is 0 Å². The van der Waals surface area contributed by atoms with E-state index in [1.54, 1.807) is 13.2 Å². The summed E-state index contributed by atoms with van der Waals surface area (Å²) in [7, 11) is 1.74. The molecule has 4 rings (SSSR count). The number of amides is 2. The van der Waals surface area contributed by atoms with Gasteiger partial charge in [0, 0.05) is 25.7 Å². The average Bonchev–Trinajstić information content (AvgIpc) is 2.85. The molecule has 0 aromatic heterocycles. The van der Waals surface area contributed by atoms with Crippen LogP contribution in [0.5, 0.6) is 5.75 Å². The maximum Gasteiger partial charge on any atom is 0.321 e. The first kappa shape index (κ1) is 23.9. The monoisotopic (exact) mass is 469 g/mol. The number of carbonyl (C=O) groups excluding carboxylic acids is 1. The smallest absolute Gasteiger partial charge is 0.321 e. The molecule has 0 spiro atoms. The Labute approximate surface area is 203 Å². The third-order valence-electron chi connectivity index (χ3n) is 7.15. The maximum atomic E-state index is 12.7. The Morgan fingerprint density at radius 3 is 2.67 bits per heavy atom. The maximum absolute atomic E-state index is 12.7. The van der Waals surface area contributed by atoms with Crippen LogP contribution in [0.25, 0.3) is 0 Å². The van der Waals surface area contributed by atoms with E-state index in [1.807, 2.05) is 23.1 Å². The molecule has 0 saturated carbocycles. The Kier molecular flexibility index (Phi) is 8.15. The molecule has 2 aromatic rings.